The van der Waals surface area contributed by atoms with E-state index in [2.05, 4.69) is 15.5 Å². The van der Waals surface area contributed by atoms with Crippen LogP contribution in [0.2, 0.25) is 5.28 Å². The molecule has 1 heterocycles. The molecule has 1 aromatic heterocycles. The van der Waals surface area contributed by atoms with Crippen LogP contribution in [0.25, 0.3) is 0 Å². The molecule has 0 aliphatic heterocycles. The molecular formula is C4H7ClN4. The molecule has 0 aromatic carbocycles. The molecule has 5 heteroatoms. The van der Waals surface area contributed by atoms with E-state index in [0.717, 1.165) is 0 Å². The zero-order chi connectivity index (χ0) is 6.85. The monoisotopic (exact) mass is 146 g/mol. The Balaban J connectivity index is 2.94. The SMILES string of the molecule is CC(C)n1nnnc1Cl. The summed E-state index contributed by atoms with van der Waals surface area (Å²) in [5, 5.41) is 10.9. The fraction of sp³-hybridized carbons (Fsp3) is 0.750. The van der Waals surface area contributed by atoms with Gasteiger partial charge in [-0.2, -0.15) is 0 Å². The number of hydrogen-bond donors (Lipinski definition) is 0. The molecule has 0 saturated carbocycles. The summed E-state index contributed by atoms with van der Waals surface area (Å²) in [6.45, 7) is 3.92. The first-order valence-electron chi connectivity index (χ1n) is 2.65. The van der Waals surface area contributed by atoms with Crippen molar-refractivity contribution in [2.24, 2.45) is 0 Å². The Labute approximate surface area is 57.8 Å². The lowest BCUT2D eigenvalue weighted by Gasteiger charge is -2.01. The Morgan fingerprint density at radius 3 is 2.44 bits per heavy atom. The Kier molecular flexibility index (Phi) is 1.66. The molecule has 9 heavy (non-hydrogen) atoms. The Morgan fingerprint density at radius 1 is 1.56 bits per heavy atom. The molecule has 0 saturated heterocycles. The molecule has 1 aromatic rings. The highest BCUT2D eigenvalue weighted by molar-refractivity contribution is 6.28. The molecule has 0 spiro atoms. The molecule has 1 rings (SSSR count). The van der Waals surface area contributed by atoms with Crippen molar-refractivity contribution in [1.29, 1.82) is 0 Å². The van der Waals surface area contributed by atoms with Crippen molar-refractivity contribution in [3.05, 3.63) is 5.28 Å². The normalized spacial score (nSPS) is 10.7. The maximum absolute atomic E-state index is 5.56. The highest BCUT2D eigenvalue weighted by atomic mass is 35.5. The standard InChI is InChI=1S/C4H7ClN4/c1-3(2)9-4(5)6-7-8-9/h3H,1-2H3. The first-order valence-corrected chi connectivity index (χ1v) is 3.03. The quantitative estimate of drug-likeness (QED) is 0.592. The molecule has 0 unspecified atom stereocenters. The lowest BCUT2D eigenvalue weighted by atomic mass is 10.4. The molecular weight excluding hydrogens is 140 g/mol. The van der Waals surface area contributed by atoms with E-state index in [1.165, 1.54) is 0 Å². The number of hydrogen-bond acceptors (Lipinski definition) is 3. The van der Waals surface area contributed by atoms with E-state index in [-0.39, 0.29) is 6.04 Å². The maximum atomic E-state index is 5.56. The summed E-state index contributed by atoms with van der Waals surface area (Å²) in [6.07, 6.45) is 0. The summed E-state index contributed by atoms with van der Waals surface area (Å²) in [6, 6.07) is 0.229. The number of rotatable bonds is 1. The van der Waals surface area contributed by atoms with Gasteiger partial charge < -0.3 is 0 Å². The van der Waals surface area contributed by atoms with Gasteiger partial charge in [0, 0.05) is 0 Å². The topological polar surface area (TPSA) is 43.6 Å². The van der Waals surface area contributed by atoms with Crippen LogP contribution in [0.1, 0.15) is 19.9 Å². The van der Waals surface area contributed by atoms with Crippen molar-refractivity contribution in [1.82, 2.24) is 20.2 Å². The number of tetrazole rings is 1. The van der Waals surface area contributed by atoms with Crippen molar-refractivity contribution in [2.75, 3.05) is 0 Å². The van der Waals surface area contributed by atoms with Crippen LogP contribution in [0, 0.1) is 0 Å². The minimum atomic E-state index is 0.229. The fourth-order valence-electron chi connectivity index (χ4n) is 0.499. The van der Waals surface area contributed by atoms with Crippen molar-refractivity contribution < 1.29 is 0 Å². The smallest absolute Gasteiger partial charge is 0.214 e. The number of aromatic nitrogens is 4. The second-order valence-electron chi connectivity index (χ2n) is 1.99. The summed E-state index contributed by atoms with van der Waals surface area (Å²) in [5.41, 5.74) is 0. The first kappa shape index (κ1) is 6.48. The Morgan fingerprint density at radius 2 is 2.22 bits per heavy atom. The first-order chi connectivity index (χ1) is 4.22. The van der Waals surface area contributed by atoms with Gasteiger partial charge in [0.25, 0.3) is 0 Å². The molecule has 0 N–H and O–H groups in total. The molecule has 50 valence electrons. The molecule has 0 fully saturated rings. The molecule has 4 nitrogen and oxygen atoms in total. The lowest BCUT2D eigenvalue weighted by molar-refractivity contribution is 0.514. The second-order valence-corrected chi connectivity index (χ2v) is 2.32. The second kappa shape index (κ2) is 2.31. The van der Waals surface area contributed by atoms with Crippen molar-refractivity contribution in [2.45, 2.75) is 19.9 Å². The summed E-state index contributed by atoms with van der Waals surface area (Å²) >= 11 is 5.56. The van der Waals surface area contributed by atoms with Crippen molar-refractivity contribution >= 4 is 11.6 Å². The zero-order valence-corrected chi connectivity index (χ0v) is 6.00. The van der Waals surface area contributed by atoms with Gasteiger partial charge in [-0.05, 0) is 35.9 Å². The fourth-order valence-corrected chi connectivity index (χ4v) is 0.762. The van der Waals surface area contributed by atoms with Gasteiger partial charge in [0.15, 0.2) is 0 Å². The van der Waals surface area contributed by atoms with E-state index >= 15 is 0 Å². The van der Waals surface area contributed by atoms with Crippen LogP contribution in [-0.2, 0) is 0 Å². The molecule has 0 atom stereocenters. The average molecular weight is 147 g/mol. The highest BCUT2D eigenvalue weighted by Crippen LogP contribution is 2.07. The number of nitrogens with zero attached hydrogens (tertiary/aromatic N) is 4. The van der Waals surface area contributed by atoms with Gasteiger partial charge >= 0.3 is 0 Å². The van der Waals surface area contributed by atoms with Gasteiger partial charge in [-0.3, -0.25) is 0 Å². The summed E-state index contributed by atoms with van der Waals surface area (Å²) in [5.74, 6) is 0. The summed E-state index contributed by atoms with van der Waals surface area (Å²) in [4.78, 5) is 0. The third-order valence-electron chi connectivity index (χ3n) is 0.942. The van der Waals surface area contributed by atoms with E-state index in [4.69, 9.17) is 11.6 Å². The maximum Gasteiger partial charge on any atom is 0.243 e. The average Bonchev–Trinajstić information content (AvgIpc) is 2.13. The van der Waals surface area contributed by atoms with Crippen LogP contribution >= 0.6 is 11.6 Å². The Hall–Kier alpha value is -0.640. The minimum absolute atomic E-state index is 0.229. The van der Waals surface area contributed by atoms with Crippen LogP contribution in [0.3, 0.4) is 0 Å². The van der Waals surface area contributed by atoms with Crippen LogP contribution in [0.15, 0.2) is 0 Å². The number of halogens is 1. The van der Waals surface area contributed by atoms with Gasteiger partial charge in [0.2, 0.25) is 5.28 Å². The van der Waals surface area contributed by atoms with E-state index in [1.807, 2.05) is 13.8 Å². The predicted octanol–water partition coefficient (Wildman–Crippen LogP) is 0.907. The van der Waals surface area contributed by atoms with Gasteiger partial charge in [-0.1, -0.05) is 5.10 Å². The van der Waals surface area contributed by atoms with E-state index in [1.54, 1.807) is 4.68 Å². The van der Waals surface area contributed by atoms with Gasteiger partial charge in [0.1, 0.15) is 0 Å². The van der Waals surface area contributed by atoms with Crippen LogP contribution in [0.4, 0.5) is 0 Å². The van der Waals surface area contributed by atoms with Crippen LogP contribution in [0.5, 0.6) is 0 Å². The third-order valence-corrected chi connectivity index (χ3v) is 1.19. The Bertz CT molecular complexity index is 194. The van der Waals surface area contributed by atoms with Gasteiger partial charge in [-0.25, -0.2) is 4.68 Å². The third kappa shape index (κ3) is 1.18. The van der Waals surface area contributed by atoms with Crippen molar-refractivity contribution in [3.8, 4) is 0 Å². The molecule has 0 aliphatic carbocycles. The van der Waals surface area contributed by atoms with E-state index in [0.29, 0.717) is 5.28 Å². The van der Waals surface area contributed by atoms with Gasteiger partial charge in [0.05, 0.1) is 6.04 Å². The molecule has 0 amide bonds. The zero-order valence-electron chi connectivity index (χ0n) is 5.24. The minimum Gasteiger partial charge on any atom is -0.214 e. The molecule has 0 aliphatic rings. The molecule has 0 radical (unpaired) electrons. The van der Waals surface area contributed by atoms with Gasteiger partial charge in [-0.15, -0.1) is 0 Å². The largest absolute Gasteiger partial charge is 0.243 e. The van der Waals surface area contributed by atoms with E-state index in [9.17, 15) is 0 Å². The van der Waals surface area contributed by atoms with Crippen LogP contribution in [-0.4, -0.2) is 20.2 Å². The predicted molar refractivity (Wildman–Crippen MR) is 33.2 cm³/mol. The highest BCUT2D eigenvalue weighted by Gasteiger charge is 2.03. The van der Waals surface area contributed by atoms with E-state index < -0.39 is 0 Å². The van der Waals surface area contributed by atoms with Crippen molar-refractivity contribution in [3.63, 3.8) is 0 Å². The summed E-state index contributed by atoms with van der Waals surface area (Å²) in [7, 11) is 0. The summed E-state index contributed by atoms with van der Waals surface area (Å²) < 4.78 is 1.54. The van der Waals surface area contributed by atoms with Crippen LogP contribution < -0.4 is 0 Å². The molecule has 0 bridgehead atoms. The lowest BCUT2D eigenvalue weighted by Crippen LogP contribution is -2.02.